The second-order valence-corrected chi connectivity index (χ2v) is 5.63. The highest BCUT2D eigenvalue weighted by molar-refractivity contribution is 5.59. The molecule has 2 nitrogen and oxygen atoms in total. The number of aryl methyl sites for hydroxylation is 2. The number of benzene rings is 1. The van der Waals surface area contributed by atoms with Gasteiger partial charge < -0.3 is 10.1 Å². The van der Waals surface area contributed by atoms with Crippen LogP contribution in [0.4, 0.5) is 0 Å². The van der Waals surface area contributed by atoms with Gasteiger partial charge in [-0.05, 0) is 62.3 Å². The lowest BCUT2D eigenvalue weighted by atomic mass is 9.91. The first kappa shape index (κ1) is 14.3. The number of nitrogens with one attached hydrogen (secondary N) is 1. The first-order valence-corrected chi connectivity index (χ1v) is 7.44. The van der Waals surface area contributed by atoms with Gasteiger partial charge in [0.1, 0.15) is 0 Å². The normalized spacial score (nSPS) is 16.5. The third kappa shape index (κ3) is 4.46. The largest absolute Gasteiger partial charge is 0.381 e. The zero-order chi connectivity index (χ0) is 13.5. The van der Waals surface area contributed by atoms with Gasteiger partial charge in [0.05, 0.1) is 0 Å². The smallest absolute Gasteiger partial charge is 0.0468 e. The van der Waals surface area contributed by atoms with Crippen LogP contribution in [0.25, 0.3) is 0 Å². The Bertz CT molecular complexity index is 408. The Morgan fingerprint density at radius 2 is 2.05 bits per heavy atom. The maximum atomic E-state index is 7.29. The van der Waals surface area contributed by atoms with Gasteiger partial charge >= 0.3 is 0 Å². The molecule has 1 aliphatic rings. The van der Waals surface area contributed by atoms with Crippen LogP contribution in [0.3, 0.4) is 0 Å². The van der Waals surface area contributed by atoms with Gasteiger partial charge in [0.2, 0.25) is 0 Å². The van der Waals surface area contributed by atoms with Crippen molar-refractivity contribution in [3.8, 4) is 0 Å². The standard InChI is InChI=1S/C17H25NO/c1-14-5-6-16(7-10-18)17(13-14)4-2-3-15-8-11-19-12-9-15/h5-6,10,13,15,18H,2-4,7-9,11-12H2,1H3. The van der Waals surface area contributed by atoms with Crippen LogP contribution < -0.4 is 0 Å². The van der Waals surface area contributed by atoms with Crippen LogP contribution in [0.5, 0.6) is 0 Å². The SMILES string of the molecule is Cc1ccc(CC=N)c(CCCC2CCOCC2)c1. The Hall–Kier alpha value is -1.15. The second kappa shape index (κ2) is 7.44. The molecule has 0 amide bonds. The second-order valence-electron chi connectivity index (χ2n) is 5.63. The summed E-state index contributed by atoms with van der Waals surface area (Å²) in [4.78, 5) is 0. The quantitative estimate of drug-likeness (QED) is 0.771. The van der Waals surface area contributed by atoms with Crippen molar-refractivity contribution in [2.45, 2.75) is 45.4 Å². The number of hydrogen-bond acceptors (Lipinski definition) is 2. The van der Waals surface area contributed by atoms with Crippen molar-refractivity contribution in [1.82, 2.24) is 0 Å². The maximum Gasteiger partial charge on any atom is 0.0468 e. The van der Waals surface area contributed by atoms with Gasteiger partial charge in [-0.25, -0.2) is 0 Å². The molecule has 1 fully saturated rings. The molecule has 1 N–H and O–H groups in total. The Morgan fingerprint density at radius 3 is 2.79 bits per heavy atom. The van der Waals surface area contributed by atoms with E-state index in [1.54, 1.807) is 0 Å². The molecule has 0 spiro atoms. The van der Waals surface area contributed by atoms with E-state index in [2.05, 4.69) is 25.1 Å². The van der Waals surface area contributed by atoms with E-state index in [1.807, 2.05) is 0 Å². The lowest BCUT2D eigenvalue weighted by Crippen LogP contribution is -2.15. The minimum absolute atomic E-state index is 0.771. The first-order chi connectivity index (χ1) is 9.29. The molecule has 0 bridgehead atoms. The monoisotopic (exact) mass is 259 g/mol. The van der Waals surface area contributed by atoms with Gasteiger partial charge in [-0.15, -0.1) is 0 Å². The van der Waals surface area contributed by atoms with Crippen molar-refractivity contribution in [2.24, 2.45) is 5.92 Å². The van der Waals surface area contributed by atoms with Gasteiger partial charge in [-0.3, -0.25) is 0 Å². The Labute approximate surface area is 116 Å². The molecule has 0 saturated carbocycles. The van der Waals surface area contributed by atoms with Crippen molar-refractivity contribution < 1.29 is 4.74 Å². The van der Waals surface area contributed by atoms with E-state index < -0.39 is 0 Å². The van der Waals surface area contributed by atoms with E-state index in [0.717, 1.165) is 32.0 Å². The van der Waals surface area contributed by atoms with Crippen molar-refractivity contribution in [3.05, 3.63) is 34.9 Å². The summed E-state index contributed by atoms with van der Waals surface area (Å²) in [5.41, 5.74) is 4.10. The van der Waals surface area contributed by atoms with Gasteiger partial charge in [0.25, 0.3) is 0 Å². The van der Waals surface area contributed by atoms with Crippen LogP contribution in [0, 0.1) is 18.3 Å². The van der Waals surface area contributed by atoms with Gasteiger partial charge in [-0.1, -0.05) is 23.8 Å². The lowest BCUT2D eigenvalue weighted by Gasteiger charge is -2.22. The molecule has 0 unspecified atom stereocenters. The highest BCUT2D eigenvalue weighted by Gasteiger charge is 2.13. The molecule has 0 aromatic heterocycles. The highest BCUT2D eigenvalue weighted by atomic mass is 16.5. The Balaban J connectivity index is 1.86. The van der Waals surface area contributed by atoms with Crippen LogP contribution in [-0.4, -0.2) is 19.4 Å². The summed E-state index contributed by atoms with van der Waals surface area (Å²) in [6.07, 6.45) is 8.49. The molecule has 0 radical (unpaired) electrons. The predicted molar refractivity (Wildman–Crippen MR) is 80.1 cm³/mol. The fraction of sp³-hybridized carbons (Fsp3) is 0.588. The fourth-order valence-corrected chi connectivity index (χ4v) is 2.91. The van der Waals surface area contributed by atoms with E-state index in [9.17, 15) is 0 Å². The van der Waals surface area contributed by atoms with Gasteiger partial charge in [0, 0.05) is 19.6 Å². The summed E-state index contributed by atoms with van der Waals surface area (Å²) in [6, 6.07) is 6.63. The van der Waals surface area contributed by atoms with Crippen LogP contribution >= 0.6 is 0 Å². The summed E-state index contributed by atoms with van der Waals surface area (Å²) in [7, 11) is 0. The van der Waals surface area contributed by atoms with Gasteiger partial charge in [-0.2, -0.15) is 0 Å². The molecule has 1 aromatic carbocycles. The third-order valence-electron chi connectivity index (χ3n) is 4.08. The van der Waals surface area contributed by atoms with E-state index in [1.165, 1.54) is 48.6 Å². The zero-order valence-corrected chi connectivity index (χ0v) is 12.0. The van der Waals surface area contributed by atoms with Crippen LogP contribution in [0.1, 0.15) is 42.4 Å². The molecule has 1 saturated heterocycles. The zero-order valence-electron chi connectivity index (χ0n) is 12.0. The highest BCUT2D eigenvalue weighted by Crippen LogP contribution is 2.22. The number of ether oxygens (including phenoxy) is 1. The average Bonchev–Trinajstić information content (AvgIpc) is 2.43. The van der Waals surface area contributed by atoms with E-state index in [0.29, 0.717) is 0 Å². The first-order valence-electron chi connectivity index (χ1n) is 7.44. The Kier molecular flexibility index (Phi) is 5.59. The third-order valence-corrected chi connectivity index (χ3v) is 4.08. The fourth-order valence-electron chi connectivity index (χ4n) is 2.91. The summed E-state index contributed by atoms with van der Waals surface area (Å²) < 4.78 is 5.41. The van der Waals surface area contributed by atoms with E-state index >= 15 is 0 Å². The molecule has 2 heteroatoms. The van der Waals surface area contributed by atoms with Crippen molar-refractivity contribution in [2.75, 3.05) is 13.2 Å². The summed E-state index contributed by atoms with van der Waals surface area (Å²) in [5, 5.41) is 7.29. The molecule has 1 heterocycles. The number of hydrogen-bond donors (Lipinski definition) is 1. The maximum absolute atomic E-state index is 7.29. The van der Waals surface area contributed by atoms with Gasteiger partial charge in [0.15, 0.2) is 0 Å². The van der Waals surface area contributed by atoms with Crippen molar-refractivity contribution in [1.29, 1.82) is 5.41 Å². The summed E-state index contributed by atoms with van der Waals surface area (Å²) >= 11 is 0. The minimum Gasteiger partial charge on any atom is -0.381 e. The van der Waals surface area contributed by atoms with E-state index in [-0.39, 0.29) is 0 Å². The summed E-state index contributed by atoms with van der Waals surface area (Å²) in [5.74, 6) is 0.866. The topological polar surface area (TPSA) is 33.1 Å². The predicted octanol–water partition coefficient (Wildman–Crippen LogP) is 3.94. The molecule has 0 atom stereocenters. The Morgan fingerprint density at radius 1 is 1.26 bits per heavy atom. The van der Waals surface area contributed by atoms with Crippen LogP contribution in [0.15, 0.2) is 18.2 Å². The van der Waals surface area contributed by atoms with E-state index in [4.69, 9.17) is 10.1 Å². The van der Waals surface area contributed by atoms with Crippen molar-refractivity contribution >= 4 is 6.21 Å². The molecule has 1 aliphatic heterocycles. The average molecular weight is 259 g/mol. The molecular weight excluding hydrogens is 234 g/mol. The lowest BCUT2D eigenvalue weighted by molar-refractivity contribution is 0.0633. The van der Waals surface area contributed by atoms with Crippen LogP contribution in [-0.2, 0) is 17.6 Å². The minimum atomic E-state index is 0.771. The molecule has 0 aliphatic carbocycles. The molecular formula is C17H25NO. The molecule has 104 valence electrons. The van der Waals surface area contributed by atoms with Crippen molar-refractivity contribution in [3.63, 3.8) is 0 Å². The number of rotatable bonds is 6. The molecule has 19 heavy (non-hydrogen) atoms. The molecule has 2 rings (SSSR count). The summed E-state index contributed by atoms with van der Waals surface area (Å²) in [6.45, 7) is 4.05. The molecule has 1 aromatic rings. The van der Waals surface area contributed by atoms with Crippen LogP contribution in [0.2, 0.25) is 0 Å².